The van der Waals surface area contributed by atoms with Gasteiger partial charge in [-0.2, -0.15) is 0 Å². The van der Waals surface area contributed by atoms with Crippen molar-refractivity contribution in [2.24, 2.45) is 0 Å². The van der Waals surface area contributed by atoms with Crippen LogP contribution in [-0.2, 0) is 19.0 Å². The van der Waals surface area contributed by atoms with Gasteiger partial charge in [0.1, 0.15) is 0 Å². The Kier molecular flexibility index (Phi) is 3.32. The highest BCUT2D eigenvalue weighted by atomic mass is 16.6. The van der Waals surface area contributed by atoms with E-state index in [0.29, 0.717) is 19.8 Å². The molecule has 4 nitrogen and oxygen atoms in total. The lowest BCUT2D eigenvalue weighted by molar-refractivity contribution is -0.149. The first-order valence-corrected chi connectivity index (χ1v) is 3.59. The Morgan fingerprint density at radius 2 is 2.45 bits per heavy atom. The van der Waals surface area contributed by atoms with E-state index >= 15 is 0 Å². The molecule has 0 unspecified atom stereocenters. The SMILES string of the molecule is COC(=O)C[C@@H]1COCCO1. The number of hydrogen-bond acceptors (Lipinski definition) is 4. The summed E-state index contributed by atoms with van der Waals surface area (Å²) in [6.45, 7) is 1.69. The van der Waals surface area contributed by atoms with Gasteiger partial charge in [-0.15, -0.1) is 0 Å². The number of methoxy groups -OCH3 is 1. The molecule has 64 valence electrons. The highest BCUT2D eigenvalue weighted by Crippen LogP contribution is 2.05. The molecule has 4 heteroatoms. The summed E-state index contributed by atoms with van der Waals surface area (Å²) in [5.74, 6) is -0.250. The van der Waals surface area contributed by atoms with E-state index in [2.05, 4.69) is 4.74 Å². The van der Waals surface area contributed by atoms with Gasteiger partial charge in [0.2, 0.25) is 0 Å². The molecule has 1 atom stereocenters. The molecule has 0 N–H and O–H groups in total. The van der Waals surface area contributed by atoms with Crippen molar-refractivity contribution in [2.45, 2.75) is 12.5 Å². The number of carbonyl (C=O) groups excluding carboxylic acids is 1. The van der Waals surface area contributed by atoms with Crippen LogP contribution in [0.2, 0.25) is 0 Å². The van der Waals surface area contributed by atoms with Crippen LogP contribution in [0.4, 0.5) is 0 Å². The Morgan fingerprint density at radius 3 is 3.00 bits per heavy atom. The monoisotopic (exact) mass is 160 g/mol. The topological polar surface area (TPSA) is 44.8 Å². The summed E-state index contributed by atoms with van der Waals surface area (Å²) in [7, 11) is 1.37. The summed E-state index contributed by atoms with van der Waals surface area (Å²) >= 11 is 0. The van der Waals surface area contributed by atoms with Gasteiger partial charge in [0.15, 0.2) is 0 Å². The number of carbonyl (C=O) groups is 1. The molecule has 0 aromatic carbocycles. The van der Waals surface area contributed by atoms with Gasteiger partial charge in [-0.3, -0.25) is 4.79 Å². The highest BCUT2D eigenvalue weighted by molar-refractivity contribution is 5.69. The van der Waals surface area contributed by atoms with E-state index < -0.39 is 0 Å². The van der Waals surface area contributed by atoms with Crippen molar-refractivity contribution in [3.63, 3.8) is 0 Å². The van der Waals surface area contributed by atoms with Crippen molar-refractivity contribution >= 4 is 5.97 Å². The molecule has 0 aromatic rings. The largest absolute Gasteiger partial charge is 0.469 e. The van der Waals surface area contributed by atoms with Crippen LogP contribution in [0.5, 0.6) is 0 Å². The molecule has 0 radical (unpaired) electrons. The van der Waals surface area contributed by atoms with Crippen molar-refractivity contribution in [3.8, 4) is 0 Å². The fraction of sp³-hybridized carbons (Fsp3) is 0.857. The zero-order valence-corrected chi connectivity index (χ0v) is 6.54. The average Bonchev–Trinajstić information content (AvgIpc) is 2.06. The van der Waals surface area contributed by atoms with Crippen LogP contribution >= 0.6 is 0 Å². The summed E-state index contributed by atoms with van der Waals surface area (Å²) in [4.78, 5) is 10.7. The van der Waals surface area contributed by atoms with E-state index in [-0.39, 0.29) is 18.5 Å². The molecule has 1 saturated heterocycles. The Bertz CT molecular complexity index is 128. The van der Waals surface area contributed by atoms with Crippen LogP contribution in [0, 0.1) is 0 Å². The molecule has 11 heavy (non-hydrogen) atoms. The molecule has 0 aromatic heterocycles. The molecule has 0 amide bonds. The molecule has 0 spiro atoms. The van der Waals surface area contributed by atoms with Crippen molar-refractivity contribution in [1.82, 2.24) is 0 Å². The van der Waals surface area contributed by atoms with Crippen LogP contribution < -0.4 is 0 Å². The van der Waals surface area contributed by atoms with Crippen LogP contribution in [-0.4, -0.2) is 39.0 Å². The third kappa shape index (κ3) is 2.86. The van der Waals surface area contributed by atoms with E-state index in [1.54, 1.807) is 0 Å². The van der Waals surface area contributed by atoms with Crippen LogP contribution in [0.3, 0.4) is 0 Å². The smallest absolute Gasteiger partial charge is 0.308 e. The lowest BCUT2D eigenvalue weighted by Crippen LogP contribution is -2.30. The maximum atomic E-state index is 10.7. The van der Waals surface area contributed by atoms with Crippen LogP contribution in [0.1, 0.15) is 6.42 Å². The van der Waals surface area contributed by atoms with E-state index in [1.807, 2.05) is 0 Å². The molecule has 0 aliphatic carbocycles. The van der Waals surface area contributed by atoms with Crippen molar-refractivity contribution in [2.75, 3.05) is 26.9 Å². The molecule has 1 fully saturated rings. The lowest BCUT2D eigenvalue weighted by Gasteiger charge is -2.21. The average molecular weight is 160 g/mol. The first-order chi connectivity index (χ1) is 5.33. The zero-order chi connectivity index (χ0) is 8.10. The van der Waals surface area contributed by atoms with Gasteiger partial charge in [0, 0.05) is 0 Å². The first kappa shape index (κ1) is 8.49. The fourth-order valence-corrected chi connectivity index (χ4v) is 0.924. The lowest BCUT2D eigenvalue weighted by atomic mass is 10.2. The van der Waals surface area contributed by atoms with Crippen molar-refractivity contribution < 1.29 is 19.0 Å². The highest BCUT2D eigenvalue weighted by Gasteiger charge is 2.17. The molecular formula is C7H12O4. The summed E-state index contributed by atoms with van der Waals surface area (Å²) in [5.41, 5.74) is 0. The Balaban J connectivity index is 2.19. The second-order valence-corrected chi connectivity index (χ2v) is 2.35. The third-order valence-corrected chi connectivity index (χ3v) is 1.51. The maximum absolute atomic E-state index is 10.7. The number of ether oxygens (including phenoxy) is 3. The van der Waals surface area contributed by atoms with Gasteiger partial charge >= 0.3 is 5.97 Å². The molecular weight excluding hydrogens is 148 g/mol. The molecule has 1 heterocycles. The molecule has 1 rings (SSSR count). The second kappa shape index (κ2) is 4.31. The predicted octanol–water partition coefficient (Wildman–Crippen LogP) is -0.0351. The van der Waals surface area contributed by atoms with E-state index in [4.69, 9.17) is 9.47 Å². The molecule has 0 bridgehead atoms. The van der Waals surface area contributed by atoms with Gasteiger partial charge in [-0.05, 0) is 0 Å². The van der Waals surface area contributed by atoms with E-state index in [9.17, 15) is 4.79 Å². The number of hydrogen-bond donors (Lipinski definition) is 0. The third-order valence-electron chi connectivity index (χ3n) is 1.51. The van der Waals surface area contributed by atoms with E-state index in [0.717, 1.165) is 0 Å². The Hall–Kier alpha value is -0.610. The van der Waals surface area contributed by atoms with Gasteiger partial charge < -0.3 is 14.2 Å². The first-order valence-electron chi connectivity index (χ1n) is 3.59. The molecule has 0 saturated carbocycles. The molecule has 1 aliphatic heterocycles. The zero-order valence-electron chi connectivity index (χ0n) is 6.54. The van der Waals surface area contributed by atoms with Crippen LogP contribution in [0.25, 0.3) is 0 Å². The van der Waals surface area contributed by atoms with Crippen LogP contribution in [0.15, 0.2) is 0 Å². The van der Waals surface area contributed by atoms with Gasteiger partial charge in [0.25, 0.3) is 0 Å². The minimum absolute atomic E-state index is 0.115. The standard InChI is InChI=1S/C7H12O4/c1-9-7(8)4-6-5-10-2-3-11-6/h6H,2-5H2,1H3/t6-/m1/s1. The summed E-state index contributed by atoms with van der Waals surface area (Å²) in [5, 5.41) is 0. The summed E-state index contributed by atoms with van der Waals surface area (Å²) in [6.07, 6.45) is 0.174. The predicted molar refractivity (Wildman–Crippen MR) is 37.2 cm³/mol. The number of esters is 1. The summed E-state index contributed by atoms with van der Waals surface area (Å²) < 4.78 is 14.8. The number of rotatable bonds is 2. The molecule has 1 aliphatic rings. The maximum Gasteiger partial charge on any atom is 0.308 e. The minimum atomic E-state index is -0.250. The summed E-state index contributed by atoms with van der Waals surface area (Å²) in [6, 6.07) is 0. The van der Waals surface area contributed by atoms with Gasteiger partial charge in [-0.1, -0.05) is 0 Å². The normalized spacial score (nSPS) is 24.6. The van der Waals surface area contributed by atoms with E-state index in [1.165, 1.54) is 7.11 Å². The quantitative estimate of drug-likeness (QED) is 0.532. The van der Waals surface area contributed by atoms with Crippen molar-refractivity contribution in [1.29, 1.82) is 0 Å². The van der Waals surface area contributed by atoms with Crippen molar-refractivity contribution in [3.05, 3.63) is 0 Å². The van der Waals surface area contributed by atoms with Gasteiger partial charge in [0.05, 0.1) is 39.5 Å². The minimum Gasteiger partial charge on any atom is -0.469 e. The second-order valence-electron chi connectivity index (χ2n) is 2.35. The Morgan fingerprint density at radius 1 is 1.64 bits per heavy atom. The fourth-order valence-electron chi connectivity index (χ4n) is 0.924. The van der Waals surface area contributed by atoms with Gasteiger partial charge in [-0.25, -0.2) is 0 Å². The Labute approximate surface area is 65.4 Å².